The minimum absolute atomic E-state index is 0.529. The first-order valence-corrected chi connectivity index (χ1v) is 6.23. The Morgan fingerprint density at radius 2 is 2.11 bits per heavy atom. The molecule has 5 heteroatoms. The van der Waals surface area contributed by atoms with E-state index in [1.54, 1.807) is 0 Å². The van der Waals surface area contributed by atoms with Crippen molar-refractivity contribution in [3.63, 3.8) is 0 Å². The normalized spacial score (nSPS) is 17.4. The van der Waals surface area contributed by atoms with E-state index < -0.39 is 0 Å². The summed E-state index contributed by atoms with van der Waals surface area (Å²) >= 11 is 0. The molecule has 2 heterocycles. The van der Waals surface area contributed by atoms with Crippen molar-refractivity contribution in [2.75, 3.05) is 26.3 Å². The van der Waals surface area contributed by atoms with Crippen molar-refractivity contribution in [2.45, 2.75) is 13.1 Å². The van der Waals surface area contributed by atoms with E-state index in [4.69, 9.17) is 14.9 Å². The average Bonchev–Trinajstić information content (AvgIpc) is 2.80. The Kier molecular flexibility index (Phi) is 3.27. The Balaban J connectivity index is 1.79. The summed E-state index contributed by atoms with van der Waals surface area (Å²) in [6, 6.07) is 5.90. The lowest BCUT2D eigenvalue weighted by molar-refractivity contribution is 0.0308. The number of nitrogens with two attached hydrogens (primary N) is 1. The van der Waals surface area contributed by atoms with Gasteiger partial charge in [-0.05, 0) is 17.7 Å². The Hall–Kier alpha value is -1.43. The van der Waals surface area contributed by atoms with Crippen LogP contribution in [0.5, 0.6) is 0 Å². The smallest absolute Gasteiger partial charge is 0.209 e. The quantitative estimate of drug-likeness (QED) is 0.880. The molecule has 3 rings (SSSR count). The van der Waals surface area contributed by atoms with Crippen LogP contribution in [0.1, 0.15) is 11.5 Å². The lowest BCUT2D eigenvalue weighted by Gasteiger charge is -2.24. The highest BCUT2D eigenvalue weighted by Crippen LogP contribution is 2.18. The Bertz CT molecular complexity index is 532. The number of morpholine rings is 1. The Morgan fingerprint density at radius 1 is 1.28 bits per heavy atom. The molecule has 1 aromatic carbocycles. The highest BCUT2D eigenvalue weighted by molar-refractivity contribution is 5.73. The maximum atomic E-state index is 5.74. The largest absolute Gasteiger partial charge is 0.439 e. The molecular formula is C13H17N3O2. The summed E-state index contributed by atoms with van der Waals surface area (Å²) in [5.41, 5.74) is 8.41. The van der Waals surface area contributed by atoms with Gasteiger partial charge in [0.1, 0.15) is 5.52 Å². The molecule has 2 aromatic rings. The molecule has 0 radical (unpaired) electrons. The molecule has 0 saturated carbocycles. The van der Waals surface area contributed by atoms with Crippen molar-refractivity contribution < 1.29 is 9.15 Å². The van der Waals surface area contributed by atoms with Crippen LogP contribution < -0.4 is 5.73 Å². The van der Waals surface area contributed by atoms with Crippen LogP contribution in [-0.4, -0.2) is 36.2 Å². The number of benzene rings is 1. The molecule has 0 bridgehead atoms. The molecule has 0 spiro atoms. The van der Waals surface area contributed by atoms with Crippen molar-refractivity contribution in [3.05, 3.63) is 29.7 Å². The molecule has 1 aliphatic heterocycles. The second kappa shape index (κ2) is 5.06. The van der Waals surface area contributed by atoms with Crippen molar-refractivity contribution in [3.8, 4) is 0 Å². The van der Waals surface area contributed by atoms with Crippen LogP contribution in [0, 0.1) is 0 Å². The fraction of sp³-hybridized carbons (Fsp3) is 0.462. The number of nitrogens with zero attached hydrogens (tertiary/aromatic N) is 2. The molecule has 2 N–H and O–H groups in total. The van der Waals surface area contributed by atoms with Gasteiger partial charge in [-0.3, -0.25) is 4.90 Å². The summed E-state index contributed by atoms with van der Waals surface area (Å²) in [6.07, 6.45) is 0. The molecule has 18 heavy (non-hydrogen) atoms. The van der Waals surface area contributed by atoms with Crippen LogP contribution in [0.15, 0.2) is 22.6 Å². The van der Waals surface area contributed by atoms with Gasteiger partial charge in [0.15, 0.2) is 5.58 Å². The van der Waals surface area contributed by atoms with Gasteiger partial charge in [0.05, 0.1) is 19.8 Å². The van der Waals surface area contributed by atoms with Crippen LogP contribution in [-0.2, 0) is 17.8 Å². The zero-order valence-corrected chi connectivity index (χ0v) is 10.3. The number of hydrogen-bond acceptors (Lipinski definition) is 5. The number of hydrogen-bond donors (Lipinski definition) is 1. The molecule has 1 fully saturated rings. The zero-order chi connectivity index (χ0) is 12.4. The van der Waals surface area contributed by atoms with Crippen molar-refractivity contribution in [1.82, 2.24) is 9.88 Å². The molecule has 0 atom stereocenters. The second-order valence-corrected chi connectivity index (χ2v) is 4.50. The van der Waals surface area contributed by atoms with Crippen molar-refractivity contribution >= 4 is 11.1 Å². The minimum atomic E-state index is 0.529. The molecule has 1 aromatic heterocycles. The summed E-state index contributed by atoms with van der Waals surface area (Å²) in [4.78, 5) is 6.80. The van der Waals surface area contributed by atoms with Gasteiger partial charge in [-0.1, -0.05) is 6.07 Å². The predicted octanol–water partition coefficient (Wildman–Crippen LogP) is 1.12. The van der Waals surface area contributed by atoms with E-state index in [-0.39, 0.29) is 0 Å². The third-order valence-electron chi connectivity index (χ3n) is 3.19. The van der Waals surface area contributed by atoms with E-state index in [2.05, 4.69) is 9.88 Å². The highest BCUT2D eigenvalue weighted by atomic mass is 16.5. The third kappa shape index (κ3) is 2.38. The van der Waals surface area contributed by atoms with Gasteiger partial charge < -0.3 is 14.9 Å². The van der Waals surface area contributed by atoms with Gasteiger partial charge in [-0.2, -0.15) is 0 Å². The van der Waals surface area contributed by atoms with Crippen molar-refractivity contribution in [2.24, 2.45) is 5.73 Å². The van der Waals surface area contributed by atoms with Gasteiger partial charge in [-0.25, -0.2) is 4.98 Å². The third-order valence-corrected chi connectivity index (χ3v) is 3.19. The van der Waals surface area contributed by atoms with E-state index in [1.165, 1.54) is 0 Å². The van der Waals surface area contributed by atoms with Gasteiger partial charge in [0, 0.05) is 19.6 Å². The lowest BCUT2D eigenvalue weighted by Crippen LogP contribution is -2.35. The summed E-state index contributed by atoms with van der Waals surface area (Å²) < 4.78 is 11.1. The minimum Gasteiger partial charge on any atom is -0.439 e. The maximum Gasteiger partial charge on any atom is 0.209 e. The molecule has 0 unspecified atom stereocenters. The molecule has 1 saturated heterocycles. The van der Waals surface area contributed by atoms with Crippen LogP contribution in [0.3, 0.4) is 0 Å². The second-order valence-electron chi connectivity index (χ2n) is 4.50. The number of rotatable bonds is 3. The SMILES string of the molecule is NCc1ccc2oc(CN3CCOCC3)nc2c1. The zero-order valence-electron chi connectivity index (χ0n) is 10.3. The maximum absolute atomic E-state index is 5.74. The fourth-order valence-electron chi connectivity index (χ4n) is 2.17. The lowest BCUT2D eigenvalue weighted by atomic mass is 10.2. The summed E-state index contributed by atoms with van der Waals surface area (Å²) in [7, 11) is 0. The molecule has 5 nitrogen and oxygen atoms in total. The first-order chi connectivity index (χ1) is 8.85. The Morgan fingerprint density at radius 3 is 2.89 bits per heavy atom. The fourth-order valence-corrected chi connectivity index (χ4v) is 2.17. The van der Waals surface area contributed by atoms with Crippen LogP contribution in [0.2, 0.25) is 0 Å². The Labute approximate surface area is 106 Å². The van der Waals surface area contributed by atoms with Gasteiger partial charge in [-0.15, -0.1) is 0 Å². The molecular weight excluding hydrogens is 230 g/mol. The molecule has 0 aliphatic carbocycles. The van der Waals surface area contributed by atoms with E-state index in [1.807, 2.05) is 18.2 Å². The van der Waals surface area contributed by atoms with Crippen LogP contribution in [0.25, 0.3) is 11.1 Å². The number of aromatic nitrogens is 1. The topological polar surface area (TPSA) is 64.5 Å². The van der Waals surface area contributed by atoms with E-state index in [9.17, 15) is 0 Å². The van der Waals surface area contributed by atoms with Gasteiger partial charge in [0.2, 0.25) is 5.89 Å². The molecule has 0 amide bonds. The number of ether oxygens (including phenoxy) is 1. The first kappa shape index (κ1) is 11.6. The standard InChI is InChI=1S/C13H17N3O2/c14-8-10-1-2-12-11(7-10)15-13(18-12)9-16-3-5-17-6-4-16/h1-2,7H,3-6,8-9,14H2. The summed E-state index contributed by atoms with van der Waals surface area (Å²) in [6.45, 7) is 4.73. The summed E-state index contributed by atoms with van der Waals surface area (Å²) in [5.74, 6) is 0.765. The van der Waals surface area contributed by atoms with E-state index >= 15 is 0 Å². The van der Waals surface area contributed by atoms with E-state index in [0.29, 0.717) is 6.54 Å². The monoisotopic (exact) mass is 247 g/mol. The van der Waals surface area contributed by atoms with Gasteiger partial charge >= 0.3 is 0 Å². The number of oxazole rings is 1. The van der Waals surface area contributed by atoms with E-state index in [0.717, 1.165) is 55.4 Å². The summed E-state index contributed by atoms with van der Waals surface area (Å²) in [5, 5.41) is 0. The first-order valence-electron chi connectivity index (χ1n) is 6.23. The average molecular weight is 247 g/mol. The van der Waals surface area contributed by atoms with Crippen LogP contribution >= 0.6 is 0 Å². The number of fused-ring (bicyclic) bond motifs is 1. The van der Waals surface area contributed by atoms with Gasteiger partial charge in [0.25, 0.3) is 0 Å². The van der Waals surface area contributed by atoms with Crippen LogP contribution in [0.4, 0.5) is 0 Å². The van der Waals surface area contributed by atoms with Crippen molar-refractivity contribution in [1.29, 1.82) is 0 Å². The molecule has 1 aliphatic rings. The molecule has 96 valence electrons. The highest BCUT2D eigenvalue weighted by Gasteiger charge is 2.14. The predicted molar refractivity (Wildman–Crippen MR) is 68.0 cm³/mol.